The summed E-state index contributed by atoms with van der Waals surface area (Å²) in [7, 11) is 1.74. The molecule has 0 unspecified atom stereocenters. The summed E-state index contributed by atoms with van der Waals surface area (Å²) in [5.41, 5.74) is 3.45. The molecule has 1 aliphatic rings. The molecule has 142 valence electrons. The fourth-order valence-electron chi connectivity index (χ4n) is 3.06. The average Bonchev–Trinajstić information content (AvgIpc) is 3.16. The number of rotatable bonds is 3. The van der Waals surface area contributed by atoms with E-state index in [9.17, 15) is 9.59 Å². The van der Waals surface area contributed by atoms with E-state index in [2.05, 4.69) is 15.1 Å². The first-order chi connectivity index (χ1) is 13.5. The van der Waals surface area contributed by atoms with Crippen molar-refractivity contribution in [1.82, 2.24) is 29.5 Å². The molecule has 0 radical (unpaired) electrons. The Labute approximate surface area is 162 Å². The topological polar surface area (TPSA) is 84.2 Å². The zero-order valence-electron chi connectivity index (χ0n) is 15.7. The molecule has 4 rings (SSSR count). The van der Waals surface area contributed by atoms with Crippen molar-refractivity contribution in [2.24, 2.45) is 0 Å². The first-order valence-electron chi connectivity index (χ1n) is 8.99. The predicted molar refractivity (Wildman–Crippen MR) is 103 cm³/mol. The van der Waals surface area contributed by atoms with Crippen LogP contribution >= 0.6 is 0 Å². The van der Waals surface area contributed by atoms with Gasteiger partial charge in [0, 0.05) is 32.5 Å². The van der Waals surface area contributed by atoms with Crippen LogP contribution in [-0.2, 0) is 4.79 Å². The fraction of sp³-hybridized carbons (Fsp3) is 0.250. The molecule has 2 amide bonds. The third kappa shape index (κ3) is 3.36. The maximum Gasteiger partial charge on any atom is 0.274 e. The average molecular weight is 376 g/mol. The van der Waals surface area contributed by atoms with Crippen LogP contribution in [0.4, 0.5) is 0 Å². The van der Waals surface area contributed by atoms with Crippen LogP contribution in [-0.4, -0.2) is 68.0 Å². The van der Waals surface area contributed by atoms with Crippen LogP contribution in [0, 0.1) is 6.92 Å². The molecule has 0 saturated carbocycles. The molecule has 0 aromatic carbocycles. The van der Waals surface area contributed by atoms with Gasteiger partial charge in [0.2, 0.25) is 5.91 Å². The van der Waals surface area contributed by atoms with Gasteiger partial charge in [-0.1, -0.05) is 6.07 Å². The lowest BCUT2D eigenvalue weighted by Gasteiger charge is -2.31. The van der Waals surface area contributed by atoms with Crippen LogP contribution in [0.5, 0.6) is 0 Å². The maximum atomic E-state index is 13.0. The van der Waals surface area contributed by atoms with Gasteiger partial charge in [0.1, 0.15) is 6.54 Å². The summed E-state index contributed by atoms with van der Waals surface area (Å²) in [5, 5.41) is 4.52. The number of amides is 2. The van der Waals surface area contributed by atoms with Crippen LogP contribution in [0.3, 0.4) is 0 Å². The quantitative estimate of drug-likeness (QED) is 0.693. The monoisotopic (exact) mass is 376 g/mol. The predicted octanol–water partition coefficient (Wildman–Crippen LogP) is 1.55. The molecule has 0 N–H and O–H groups in total. The maximum absolute atomic E-state index is 13.0. The second kappa shape index (κ2) is 7.22. The minimum absolute atomic E-state index is 0.0627. The Morgan fingerprint density at radius 3 is 2.68 bits per heavy atom. The Kier molecular flexibility index (Phi) is 4.60. The number of carbonyl (C=O) groups excluding carboxylic acids is 2. The molecule has 1 fully saturated rings. The van der Waals surface area contributed by atoms with Crippen molar-refractivity contribution in [2.45, 2.75) is 6.92 Å². The molecule has 28 heavy (non-hydrogen) atoms. The minimum Gasteiger partial charge on any atom is -0.342 e. The van der Waals surface area contributed by atoms with E-state index < -0.39 is 0 Å². The molecule has 0 aliphatic carbocycles. The van der Waals surface area contributed by atoms with Crippen molar-refractivity contribution >= 4 is 11.8 Å². The number of hydrogen-bond acceptors (Lipinski definition) is 5. The molecule has 8 heteroatoms. The summed E-state index contributed by atoms with van der Waals surface area (Å²) in [5.74, 6) is -0.343. The van der Waals surface area contributed by atoms with Gasteiger partial charge < -0.3 is 9.80 Å². The lowest BCUT2D eigenvalue weighted by atomic mass is 10.2. The van der Waals surface area contributed by atoms with E-state index in [4.69, 9.17) is 0 Å². The van der Waals surface area contributed by atoms with Crippen molar-refractivity contribution in [3.8, 4) is 17.1 Å². The van der Waals surface area contributed by atoms with E-state index in [-0.39, 0.29) is 24.1 Å². The fourth-order valence-corrected chi connectivity index (χ4v) is 3.06. The van der Waals surface area contributed by atoms with Gasteiger partial charge in [0.15, 0.2) is 5.69 Å². The van der Waals surface area contributed by atoms with Crippen LogP contribution in [0.25, 0.3) is 17.1 Å². The van der Waals surface area contributed by atoms with E-state index in [0.717, 1.165) is 11.3 Å². The summed E-state index contributed by atoms with van der Waals surface area (Å²) in [4.78, 5) is 36.7. The van der Waals surface area contributed by atoms with Gasteiger partial charge in [-0.15, -0.1) is 0 Å². The number of pyridine rings is 2. The van der Waals surface area contributed by atoms with E-state index in [1.165, 1.54) is 4.90 Å². The Hall–Kier alpha value is -3.55. The second-order valence-electron chi connectivity index (χ2n) is 6.80. The highest BCUT2D eigenvalue weighted by molar-refractivity contribution is 5.96. The molecular formula is C20H20N6O2. The van der Waals surface area contributed by atoms with E-state index in [0.29, 0.717) is 24.5 Å². The second-order valence-corrected chi connectivity index (χ2v) is 6.80. The van der Waals surface area contributed by atoms with Gasteiger partial charge in [0.25, 0.3) is 5.91 Å². The summed E-state index contributed by atoms with van der Waals surface area (Å²) < 4.78 is 1.66. The largest absolute Gasteiger partial charge is 0.342 e. The van der Waals surface area contributed by atoms with E-state index >= 15 is 0 Å². The van der Waals surface area contributed by atoms with Crippen molar-refractivity contribution < 1.29 is 9.59 Å². The molecule has 1 aliphatic heterocycles. The SMILES string of the molecule is Cc1ccc(-c2cc(C(=O)N3CCN(C)C(=O)C3)nn2-c2cccnc2)nc1. The van der Waals surface area contributed by atoms with Gasteiger partial charge >= 0.3 is 0 Å². The Bertz CT molecular complexity index is 1010. The third-order valence-electron chi connectivity index (χ3n) is 4.74. The molecule has 0 spiro atoms. The van der Waals surface area contributed by atoms with E-state index in [1.54, 1.807) is 41.3 Å². The van der Waals surface area contributed by atoms with Crippen molar-refractivity contribution in [3.05, 3.63) is 60.2 Å². The van der Waals surface area contributed by atoms with Crippen LogP contribution in [0.15, 0.2) is 48.9 Å². The lowest BCUT2D eigenvalue weighted by molar-refractivity contribution is -0.133. The zero-order chi connectivity index (χ0) is 19.7. The molecule has 8 nitrogen and oxygen atoms in total. The number of hydrogen-bond donors (Lipinski definition) is 0. The number of aryl methyl sites for hydroxylation is 1. The third-order valence-corrected chi connectivity index (χ3v) is 4.74. The summed E-state index contributed by atoms with van der Waals surface area (Å²) in [6.07, 6.45) is 5.13. The van der Waals surface area contributed by atoms with E-state index in [1.807, 2.05) is 31.2 Å². The number of nitrogens with zero attached hydrogens (tertiary/aromatic N) is 6. The smallest absolute Gasteiger partial charge is 0.274 e. The number of likely N-dealkylation sites (N-methyl/N-ethyl adjacent to an activating group) is 1. The number of piperazine rings is 1. The molecule has 3 aromatic rings. The van der Waals surface area contributed by atoms with Crippen molar-refractivity contribution in [2.75, 3.05) is 26.7 Å². The van der Waals surface area contributed by atoms with Crippen LogP contribution in [0.2, 0.25) is 0 Å². The van der Waals surface area contributed by atoms with Gasteiger partial charge in [-0.25, -0.2) is 4.68 Å². The standard InChI is InChI=1S/C20H20N6O2/c1-14-5-6-16(22-11-14)18-10-17(23-26(18)15-4-3-7-21-12-15)20(28)25-9-8-24(2)19(27)13-25/h3-7,10-12H,8-9,13H2,1-2H3. The summed E-state index contributed by atoms with van der Waals surface area (Å²) >= 11 is 0. The zero-order valence-corrected chi connectivity index (χ0v) is 15.7. The Morgan fingerprint density at radius 2 is 2.00 bits per heavy atom. The molecule has 1 saturated heterocycles. The van der Waals surface area contributed by atoms with Crippen molar-refractivity contribution in [3.63, 3.8) is 0 Å². The van der Waals surface area contributed by atoms with Crippen LogP contribution < -0.4 is 0 Å². The van der Waals surface area contributed by atoms with Gasteiger partial charge in [-0.3, -0.25) is 19.6 Å². The van der Waals surface area contributed by atoms with Crippen LogP contribution in [0.1, 0.15) is 16.1 Å². The van der Waals surface area contributed by atoms with Gasteiger partial charge in [-0.05, 0) is 36.8 Å². The molecular weight excluding hydrogens is 356 g/mol. The first kappa shape index (κ1) is 17.8. The highest BCUT2D eigenvalue weighted by atomic mass is 16.2. The molecule has 0 bridgehead atoms. The summed E-state index contributed by atoms with van der Waals surface area (Å²) in [6.45, 7) is 3.03. The number of aromatic nitrogens is 4. The van der Waals surface area contributed by atoms with Crippen molar-refractivity contribution in [1.29, 1.82) is 0 Å². The molecule has 4 heterocycles. The highest BCUT2D eigenvalue weighted by Gasteiger charge is 2.28. The minimum atomic E-state index is -0.266. The Balaban J connectivity index is 1.74. The first-order valence-corrected chi connectivity index (χ1v) is 8.99. The Morgan fingerprint density at radius 1 is 1.14 bits per heavy atom. The highest BCUT2D eigenvalue weighted by Crippen LogP contribution is 2.23. The molecule has 0 atom stereocenters. The van der Waals surface area contributed by atoms with Gasteiger partial charge in [-0.2, -0.15) is 5.10 Å². The normalized spacial score (nSPS) is 14.4. The lowest BCUT2D eigenvalue weighted by Crippen LogP contribution is -2.50. The summed E-state index contributed by atoms with van der Waals surface area (Å²) in [6, 6.07) is 9.25. The molecule has 3 aromatic heterocycles. The number of carbonyl (C=O) groups is 2. The van der Waals surface area contributed by atoms with Gasteiger partial charge in [0.05, 0.1) is 23.3 Å².